The molecule has 2 rings (SSSR count). The van der Waals surface area contributed by atoms with Crippen LogP contribution >= 0.6 is 0 Å². The number of hydrogen-bond acceptors (Lipinski definition) is 2. The molecule has 4 nitrogen and oxygen atoms in total. The molecule has 0 saturated heterocycles. The van der Waals surface area contributed by atoms with Crippen molar-refractivity contribution < 1.29 is 4.79 Å². The van der Waals surface area contributed by atoms with Crippen molar-refractivity contribution in [2.24, 2.45) is 0 Å². The summed E-state index contributed by atoms with van der Waals surface area (Å²) in [7, 11) is 3.57. The van der Waals surface area contributed by atoms with Crippen molar-refractivity contribution in [1.29, 1.82) is 0 Å². The van der Waals surface area contributed by atoms with E-state index < -0.39 is 0 Å². The highest BCUT2D eigenvalue weighted by Gasteiger charge is 2.33. The molecule has 1 aromatic carbocycles. The van der Waals surface area contributed by atoms with E-state index in [1.165, 1.54) is 0 Å². The maximum absolute atomic E-state index is 12.1. The summed E-state index contributed by atoms with van der Waals surface area (Å²) in [5, 5.41) is 0. The smallest absolute Gasteiger partial charge is 0.320 e. The van der Waals surface area contributed by atoms with E-state index in [2.05, 4.69) is 0 Å². The van der Waals surface area contributed by atoms with Gasteiger partial charge >= 0.3 is 6.03 Å². The molecular weight excluding hydrogens is 214 g/mol. The minimum absolute atomic E-state index is 0.0655. The average Bonchev–Trinajstić information content (AvgIpc) is 3.11. The lowest BCUT2D eigenvalue weighted by molar-refractivity contribution is 0.165. The average molecular weight is 233 g/mol. The van der Waals surface area contributed by atoms with Crippen LogP contribution in [-0.4, -0.2) is 36.0 Å². The van der Waals surface area contributed by atoms with Crippen molar-refractivity contribution in [1.82, 2.24) is 9.80 Å². The Labute approximate surface area is 102 Å². The van der Waals surface area contributed by atoms with E-state index >= 15 is 0 Å². The molecular formula is C13H19N3O. The number of para-hydroxylation sites is 1. The number of hydrogen-bond donors (Lipinski definition) is 1. The van der Waals surface area contributed by atoms with Crippen LogP contribution in [0.25, 0.3) is 0 Å². The molecule has 0 unspecified atom stereocenters. The number of rotatable bonds is 3. The van der Waals surface area contributed by atoms with E-state index in [0.29, 0.717) is 12.6 Å². The molecule has 4 heteroatoms. The fraction of sp³-hybridized carbons (Fsp3) is 0.462. The fourth-order valence-electron chi connectivity index (χ4n) is 1.86. The lowest BCUT2D eigenvalue weighted by Gasteiger charge is -2.26. The van der Waals surface area contributed by atoms with Gasteiger partial charge in [-0.05, 0) is 24.5 Å². The Hall–Kier alpha value is -1.71. The van der Waals surface area contributed by atoms with Crippen LogP contribution < -0.4 is 5.73 Å². The van der Waals surface area contributed by atoms with Gasteiger partial charge in [0, 0.05) is 32.4 Å². The quantitative estimate of drug-likeness (QED) is 0.811. The molecule has 0 aliphatic heterocycles. The number of nitrogens with two attached hydrogens (primary N) is 1. The van der Waals surface area contributed by atoms with Crippen LogP contribution in [0.5, 0.6) is 0 Å². The lowest BCUT2D eigenvalue weighted by atomic mass is 10.1. The number of nitrogen functional groups attached to an aromatic ring is 1. The molecule has 1 saturated carbocycles. The first kappa shape index (κ1) is 11.8. The van der Waals surface area contributed by atoms with Gasteiger partial charge in [0.25, 0.3) is 0 Å². The largest absolute Gasteiger partial charge is 0.398 e. The third-order valence-corrected chi connectivity index (χ3v) is 3.01. The second kappa shape index (κ2) is 4.65. The van der Waals surface area contributed by atoms with E-state index in [-0.39, 0.29) is 6.03 Å². The maximum atomic E-state index is 12.1. The Balaban J connectivity index is 2.13. The molecule has 0 spiro atoms. The van der Waals surface area contributed by atoms with Crippen molar-refractivity contribution >= 4 is 11.7 Å². The zero-order valence-electron chi connectivity index (χ0n) is 10.4. The van der Waals surface area contributed by atoms with Gasteiger partial charge in [0.05, 0.1) is 0 Å². The first-order valence-electron chi connectivity index (χ1n) is 5.91. The minimum Gasteiger partial charge on any atom is -0.398 e. The van der Waals surface area contributed by atoms with Gasteiger partial charge in [-0.2, -0.15) is 0 Å². The summed E-state index contributed by atoms with van der Waals surface area (Å²) in [5.41, 5.74) is 7.69. The lowest BCUT2D eigenvalue weighted by Crippen LogP contribution is -2.40. The van der Waals surface area contributed by atoms with Gasteiger partial charge < -0.3 is 15.5 Å². The van der Waals surface area contributed by atoms with Crippen molar-refractivity contribution in [2.75, 3.05) is 19.8 Å². The Kier molecular flexibility index (Phi) is 3.22. The van der Waals surface area contributed by atoms with E-state index in [0.717, 1.165) is 24.1 Å². The SMILES string of the molecule is CN(C)C(=O)N(Cc1ccccc1N)C1CC1. The van der Waals surface area contributed by atoms with Crippen LogP contribution in [0.4, 0.5) is 10.5 Å². The van der Waals surface area contributed by atoms with Gasteiger partial charge in [-0.1, -0.05) is 18.2 Å². The summed E-state index contributed by atoms with van der Waals surface area (Å²) in [4.78, 5) is 15.6. The second-order valence-corrected chi connectivity index (χ2v) is 4.73. The monoisotopic (exact) mass is 233 g/mol. The highest BCUT2D eigenvalue weighted by Crippen LogP contribution is 2.29. The molecule has 0 atom stereocenters. The predicted molar refractivity (Wildman–Crippen MR) is 68.5 cm³/mol. The van der Waals surface area contributed by atoms with E-state index in [1.807, 2.05) is 29.2 Å². The van der Waals surface area contributed by atoms with Gasteiger partial charge in [0.1, 0.15) is 0 Å². The van der Waals surface area contributed by atoms with Gasteiger partial charge in [-0.25, -0.2) is 4.79 Å². The number of urea groups is 1. The summed E-state index contributed by atoms with van der Waals surface area (Å²) in [6.45, 7) is 0.606. The van der Waals surface area contributed by atoms with Gasteiger partial charge in [-0.15, -0.1) is 0 Å². The molecule has 0 radical (unpaired) electrons. The Morgan fingerprint density at radius 2 is 2.00 bits per heavy atom. The highest BCUT2D eigenvalue weighted by atomic mass is 16.2. The molecule has 1 aliphatic rings. The molecule has 1 aromatic rings. The number of carbonyl (C=O) groups excluding carboxylic acids is 1. The van der Waals surface area contributed by atoms with Crippen molar-refractivity contribution in [3.05, 3.63) is 29.8 Å². The molecule has 2 N–H and O–H groups in total. The Bertz CT molecular complexity index is 413. The first-order chi connectivity index (χ1) is 8.09. The predicted octanol–water partition coefficient (Wildman–Crippen LogP) is 1.91. The molecule has 2 amide bonds. The zero-order valence-corrected chi connectivity index (χ0v) is 10.4. The van der Waals surface area contributed by atoms with Crippen LogP contribution in [0, 0.1) is 0 Å². The van der Waals surface area contributed by atoms with Gasteiger partial charge in [-0.3, -0.25) is 0 Å². The van der Waals surface area contributed by atoms with Crippen molar-refractivity contribution in [3.63, 3.8) is 0 Å². The molecule has 0 aromatic heterocycles. The number of anilines is 1. The third kappa shape index (κ3) is 2.70. The molecule has 0 bridgehead atoms. The van der Waals surface area contributed by atoms with Crippen LogP contribution in [0.3, 0.4) is 0 Å². The van der Waals surface area contributed by atoms with Crippen molar-refractivity contribution in [2.45, 2.75) is 25.4 Å². The number of benzene rings is 1. The third-order valence-electron chi connectivity index (χ3n) is 3.01. The van der Waals surface area contributed by atoms with Crippen LogP contribution in [0.15, 0.2) is 24.3 Å². The van der Waals surface area contributed by atoms with Crippen LogP contribution in [0.1, 0.15) is 18.4 Å². The van der Waals surface area contributed by atoms with Gasteiger partial charge in [0.15, 0.2) is 0 Å². The highest BCUT2D eigenvalue weighted by molar-refractivity contribution is 5.74. The normalized spacial score (nSPS) is 14.5. The van der Waals surface area contributed by atoms with E-state index in [9.17, 15) is 4.79 Å². The summed E-state index contributed by atoms with van der Waals surface area (Å²) < 4.78 is 0. The van der Waals surface area contributed by atoms with Crippen LogP contribution in [-0.2, 0) is 6.54 Å². The number of carbonyl (C=O) groups is 1. The zero-order chi connectivity index (χ0) is 12.4. The topological polar surface area (TPSA) is 49.6 Å². The number of nitrogens with zero attached hydrogens (tertiary/aromatic N) is 2. The van der Waals surface area contributed by atoms with E-state index in [4.69, 9.17) is 5.73 Å². The summed E-state index contributed by atoms with van der Waals surface area (Å²) >= 11 is 0. The number of amides is 2. The van der Waals surface area contributed by atoms with Crippen LogP contribution in [0.2, 0.25) is 0 Å². The Morgan fingerprint density at radius 3 is 2.53 bits per heavy atom. The molecule has 0 heterocycles. The Morgan fingerprint density at radius 1 is 1.35 bits per heavy atom. The van der Waals surface area contributed by atoms with Crippen molar-refractivity contribution in [3.8, 4) is 0 Å². The fourth-order valence-corrected chi connectivity index (χ4v) is 1.86. The second-order valence-electron chi connectivity index (χ2n) is 4.73. The maximum Gasteiger partial charge on any atom is 0.320 e. The van der Waals surface area contributed by atoms with E-state index in [1.54, 1.807) is 19.0 Å². The summed E-state index contributed by atoms with van der Waals surface area (Å²) in [5.74, 6) is 0. The van der Waals surface area contributed by atoms with Gasteiger partial charge in [0.2, 0.25) is 0 Å². The first-order valence-corrected chi connectivity index (χ1v) is 5.91. The molecule has 1 fully saturated rings. The summed E-state index contributed by atoms with van der Waals surface area (Å²) in [6, 6.07) is 8.18. The summed E-state index contributed by atoms with van der Waals surface area (Å²) in [6.07, 6.45) is 2.21. The minimum atomic E-state index is 0.0655. The molecule has 92 valence electrons. The molecule has 17 heavy (non-hydrogen) atoms. The standard InChI is InChI=1S/C13H19N3O/c1-15(2)13(17)16(11-7-8-11)9-10-5-3-4-6-12(10)14/h3-6,11H,7-9,14H2,1-2H3. The molecule has 1 aliphatic carbocycles.